The van der Waals surface area contributed by atoms with Crippen LogP contribution in [0.25, 0.3) is 99.0 Å². The van der Waals surface area contributed by atoms with Gasteiger partial charge in [-0.05, 0) is 117 Å². The predicted molar refractivity (Wildman–Crippen MR) is 279 cm³/mol. The molecule has 1 aliphatic rings. The van der Waals surface area contributed by atoms with E-state index in [0.717, 1.165) is 22.7 Å². The van der Waals surface area contributed by atoms with Crippen molar-refractivity contribution < 1.29 is 0 Å². The molecule has 3 nitrogen and oxygen atoms in total. The van der Waals surface area contributed by atoms with Crippen LogP contribution >= 0.6 is 0 Å². The third kappa shape index (κ3) is 5.26. The minimum atomic E-state index is -0.0525. The lowest BCUT2D eigenvalue weighted by molar-refractivity contribution is 0.660. The van der Waals surface area contributed by atoms with E-state index in [1.165, 1.54) is 104 Å². The Kier molecular flexibility index (Phi) is 7.74. The lowest BCUT2D eigenvalue weighted by Gasteiger charge is -2.26. The number of hydrogen-bond donors (Lipinski definition) is 0. The number of nitrogens with zero attached hydrogens (tertiary/aromatic N) is 3. The first-order chi connectivity index (χ1) is 32.5. The van der Waals surface area contributed by atoms with Gasteiger partial charge in [-0.3, -0.25) is 0 Å². The summed E-state index contributed by atoms with van der Waals surface area (Å²) in [7, 11) is 0. The SMILES string of the molecule is CC1(C)c2ccccc2-c2ccc(-c3ccc(N(c4ccc(-c5ccc(-n6c7ccccc7c7ccccc76)cc5)cc4)c4ccc5c6cccc7c8ccccc8n(c5c4)c76)cc3)cc21. The molecule has 3 heteroatoms. The van der Waals surface area contributed by atoms with E-state index in [-0.39, 0.29) is 5.41 Å². The van der Waals surface area contributed by atoms with Crippen LogP contribution in [-0.2, 0) is 5.41 Å². The fourth-order valence-corrected chi connectivity index (χ4v) is 11.5. The molecule has 14 rings (SSSR count). The van der Waals surface area contributed by atoms with Crippen molar-refractivity contribution in [3.05, 3.63) is 236 Å². The third-order valence-electron chi connectivity index (χ3n) is 14.7. The molecule has 1 aliphatic carbocycles. The molecular weight excluding hydrogens is 799 g/mol. The van der Waals surface area contributed by atoms with Gasteiger partial charge in [0.2, 0.25) is 0 Å². The second-order valence-electron chi connectivity index (χ2n) is 18.5. The Morgan fingerprint density at radius 2 is 0.803 bits per heavy atom. The van der Waals surface area contributed by atoms with E-state index in [9.17, 15) is 0 Å². The molecule has 0 radical (unpaired) electrons. The van der Waals surface area contributed by atoms with Gasteiger partial charge in [-0.25, -0.2) is 0 Å². The van der Waals surface area contributed by atoms with E-state index in [2.05, 4.69) is 252 Å². The summed E-state index contributed by atoms with van der Waals surface area (Å²) < 4.78 is 4.85. The molecule has 66 heavy (non-hydrogen) atoms. The quantitative estimate of drug-likeness (QED) is 0.162. The summed E-state index contributed by atoms with van der Waals surface area (Å²) in [5.41, 5.74) is 20.9. The number of anilines is 3. The van der Waals surface area contributed by atoms with Crippen LogP contribution in [0.2, 0.25) is 0 Å². The van der Waals surface area contributed by atoms with E-state index in [0.29, 0.717) is 0 Å². The van der Waals surface area contributed by atoms with Crippen molar-refractivity contribution >= 4 is 77.0 Å². The average Bonchev–Trinajstić information content (AvgIpc) is 4.07. The van der Waals surface area contributed by atoms with Crippen molar-refractivity contribution in [2.75, 3.05) is 4.90 Å². The van der Waals surface area contributed by atoms with Gasteiger partial charge in [0.15, 0.2) is 0 Å². The van der Waals surface area contributed by atoms with Crippen molar-refractivity contribution in [1.29, 1.82) is 0 Å². The van der Waals surface area contributed by atoms with Crippen LogP contribution in [0.4, 0.5) is 17.1 Å². The van der Waals surface area contributed by atoms with Crippen LogP contribution in [0.5, 0.6) is 0 Å². The Labute approximate surface area is 383 Å². The van der Waals surface area contributed by atoms with Gasteiger partial charge in [-0.15, -0.1) is 0 Å². The summed E-state index contributed by atoms with van der Waals surface area (Å²) in [5.74, 6) is 0. The van der Waals surface area contributed by atoms with Crippen LogP contribution in [0, 0.1) is 0 Å². The van der Waals surface area contributed by atoms with Crippen LogP contribution in [0.15, 0.2) is 224 Å². The molecule has 0 bridgehead atoms. The lowest BCUT2D eigenvalue weighted by Crippen LogP contribution is -2.14. The second-order valence-corrected chi connectivity index (χ2v) is 18.5. The first-order valence-corrected chi connectivity index (χ1v) is 23.0. The van der Waals surface area contributed by atoms with Crippen molar-refractivity contribution in [3.8, 4) is 39.1 Å². The van der Waals surface area contributed by atoms with Crippen molar-refractivity contribution in [1.82, 2.24) is 8.97 Å². The highest BCUT2D eigenvalue weighted by Crippen LogP contribution is 2.50. The maximum atomic E-state index is 2.47. The molecule has 0 aliphatic heterocycles. The fraction of sp³-hybridized carbons (Fsp3) is 0.0476. The molecular formula is C63H43N3. The fourth-order valence-electron chi connectivity index (χ4n) is 11.5. The van der Waals surface area contributed by atoms with Crippen molar-refractivity contribution in [2.45, 2.75) is 19.3 Å². The summed E-state index contributed by atoms with van der Waals surface area (Å²) in [4.78, 5) is 2.41. The molecule has 0 atom stereocenters. The Morgan fingerprint density at radius 3 is 1.45 bits per heavy atom. The normalized spacial score (nSPS) is 13.1. The summed E-state index contributed by atoms with van der Waals surface area (Å²) in [6, 6.07) is 83.1. The molecule has 0 N–H and O–H groups in total. The van der Waals surface area contributed by atoms with Gasteiger partial charge < -0.3 is 13.9 Å². The number of benzene rings is 10. The van der Waals surface area contributed by atoms with Gasteiger partial charge in [0.1, 0.15) is 0 Å². The molecule has 3 heterocycles. The molecule has 0 spiro atoms. The summed E-state index contributed by atoms with van der Waals surface area (Å²) in [6.07, 6.45) is 0. The Balaban J connectivity index is 0.869. The minimum Gasteiger partial charge on any atom is -0.310 e. The molecule has 0 saturated heterocycles. The molecule has 0 fully saturated rings. The number of hydrogen-bond acceptors (Lipinski definition) is 1. The van der Waals surface area contributed by atoms with Crippen LogP contribution < -0.4 is 4.90 Å². The van der Waals surface area contributed by atoms with E-state index in [1.54, 1.807) is 0 Å². The zero-order chi connectivity index (χ0) is 43.7. The third-order valence-corrected chi connectivity index (χ3v) is 14.7. The van der Waals surface area contributed by atoms with Gasteiger partial charge in [0, 0.05) is 60.5 Å². The number of para-hydroxylation sites is 4. The van der Waals surface area contributed by atoms with Crippen LogP contribution in [0.3, 0.4) is 0 Å². The topological polar surface area (TPSA) is 12.6 Å². The predicted octanol–water partition coefficient (Wildman–Crippen LogP) is 17.0. The second kappa shape index (κ2) is 13.8. The first-order valence-electron chi connectivity index (χ1n) is 23.0. The highest BCUT2D eigenvalue weighted by molar-refractivity contribution is 6.23. The standard InChI is InChI=1S/C63H43N3/c1-63(2)56-18-7-3-12-48(56)49-36-28-43(38-57(49)63)42-26-31-45(32-27-42)64(47-35-37-53-55-17-11-16-54-52-15-6-10-21-60(52)66(62(54)55)61(53)39-47)44-29-22-40(23-30-44)41-24-33-46(34-25-41)65-58-19-8-4-13-50(58)51-14-5-9-20-59(51)65/h3-39H,1-2H3. The zero-order valence-corrected chi connectivity index (χ0v) is 36.7. The van der Waals surface area contributed by atoms with Crippen LogP contribution in [0.1, 0.15) is 25.0 Å². The van der Waals surface area contributed by atoms with E-state index in [1.807, 2.05) is 0 Å². The summed E-state index contributed by atoms with van der Waals surface area (Å²) >= 11 is 0. The van der Waals surface area contributed by atoms with Crippen LogP contribution in [-0.4, -0.2) is 8.97 Å². The van der Waals surface area contributed by atoms with Gasteiger partial charge in [0.05, 0.1) is 27.6 Å². The Bertz CT molecular complexity index is 4000. The zero-order valence-electron chi connectivity index (χ0n) is 36.7. The maximum Gasteiger partial charge on any atom is 0.0620 e. The van der Waals surface area contributed by atoms with Gasteiger partial charge in [-0.2, -0.15) is 0 Å². The van der Waals surface area contributed by atoms with Gasteiger partial charge in [-0.1, -0.05) is 166 Å². The van der Waals surface area contributed by atoms with Gasteiger partial charge >= 0.3 is 0 Å². The van der Waals surface area contributed by atoms with E-state index in [4.69, 9.17) is 0 Å². The van der Waals surface area contributed by atoms with Crippen molar-refractivity contribution in [3.63, 3.8) is 0 Å². The maximum absolute atomic E-state index is 2.47. The number of fused-ring (bicyclic) bond motifs is 12. The highest BCUT2D eigenvalue weighted by atomic mass is 15.1. The number of aromatic nitrogens is 2. The highest BCUT2D eigenvalue weighted by Gasteiger charge is 2.35. The first kappa shape index (κ1) is 37.0. The molecule has 310 valence electrons. The van der Waals surface area contributed by atoms with E-state index >= 15 is 0 Å². The largest absolute Gasteiger partial charge is 0.310 e. The minimum absolute atomic E-state index is 0.0525. The smallest absolute Gasteiger partial charge is 0.0620 e. The molecule has 13 aromatic rings. The summed E-state index contributed by atoms with van der Waals surface area (Å²) in [5, 5.41) is 7.68. The molecule has 0 unspecified atom stereocenters. The van der Waals surface area contributed by atoms with Crippen molar-refractivity contribution in [2.24, 2.45) is 0 Å². The Morgan fingerprint density at radius 1 is 0.333 bits per heavy atom. The average molecular weight is 842 g/mol. The lowest BCUT2D eigenvalue weighted by atomic mass is 9.81. The number of rotatable bonds is 6. The molecule has 0 saturated carbocycles. The molecule has 0 amide bonds. The summed E-state index contributed by atoms with van der Waals surface area (Å²) in [6.45, 7) is 4.71. The monoisotopic (exact) mass is 841 g/mol. The molecule has 3 aromatic heterocycles. The van der Waals surface area contributed by atoms with E-state index < -0.39 is 0 Å². The van der Waals surface area contributed by atoms with Gasteiger partial charge in [0.25, 0.3) is 0 Å². The molecule has 10 aromatic carbocycles. The Hall–Kier alpha value is -8.40.